The molecule has 7 nitrogen and oxygen atoms in total. The van der Waals surface area contributed by atoms with Crippen molar-refractivity contribution >= 4 is 0 Å². The van der Waals surface area contributed by atoms with Crippen LogP contribution in [0, 0.1) is 0 Å². The molecule has 15 heavy (non-hydrogen) atoms. The van der Waals surface area contributed by atoms with Gasteiger partial charge in [0.1, 0.15) is 13.2 Å². The van der Waals surface area contributed by atoms with Crippen molar-refractivity contribution in [2.45, 2.75) is 0 Å². The minimum atomic E-state index is 0.157. The predicted molar refractivity (Wildman–Crippen MR) is 49.6 cm³/mol. The summed E-state index contributed by atoms with van der Waals surface area (Å²) in [7, 11) is 0. The zero-order chi connectivity index (χ0) is 11.2. The molecule has 0 aliphatic rings. The van der Waals surface area contributed by atoms with E-state index in [2.05, 4.69) is 9.78 Å². The summed E-state index contributed by atoms with van der Waals surface area (Å²) in [5, 5.41) is 15.9. The fraction of sp³-hybridized carbons (Fsp3) is 1.00. The van der Waals surface area contributed by atoms with Gasteiger partial charge in [-0.05, 0) is 0 Å². The van der Waals surface area contributed by atoms with Crippen molar-refractivity contribution in [2.75, 3.05) is 52.9 Å². The first kappa shape index (κ1) is 14.7. The Labute approximate surface area is 88.3 Å². The van der Waals surface area contributed by atoms with Crippen LogP contribution in [0.1, 0.15) is 0 Å². The summed E-state index contributed by atoms with van der Waals surface area (Å²) in [5.41, 5.74) is 0. The zero-order valence-corrected chi connectivity index (χ0v) is 8.59. The highest BCUT2D eigenvalue weighted by Gasteiger charge is 1.91. The summed E-state index contributed by atoms with van der Waals surface area (Å²) in [6, 6.07) is 0. The lowest BCUT2D eigenvalue weighted by Crippen LogP contribution is -2.12. The Morgan fingerprint density at radius 3 is 1.00 bits per heavy atom. The van der Waals surface area contributed by atoms with Crippen LogP contribution in [0.4, 0.5) is 0 Å². The fourth-order valence-corrected chi connectivity index (χ4v) is 0.734. The van der Waals surface area contributed by atoms with Crippen LogP contribution in [0.2, 0.25) is 0 Å². The summed E-state index contributed by atoms with van der Waals surface area (Å²) in [4.78, 5) is 7.61. The lowest BCUT2D eigenvalue weighted by Gasteiger charge is -2.05. The van der Waals surface area contributed by atoms with E-state index in [1.807, 2.05) is 0 Å². The van der Waals surface area contributed by atoms with Crippen LogP contribution in [0.15, 0.2) is 0 Å². The molecule has 0 bridgehead atoms. The van der Waals surface area contributed by atoms with Gasteiger partial charge in [-0.25, -0.2) is 9.78 Å². The fourth-order valence-electron chi connectivity index (χ4n) is 0.734. The molecule has 0 saturated carbocycles. The van der Waals surface area contributed by atoms with E-state index >= 15 is 0 Å². The molecule has 0 fully saturated rings. The quantitative estimate of drug-likeness (QED) is 0.275. The molecule has 0 unspecified atom stereocenters. The smallest absolute Gasteiger partial charge is 0.105 e. The van der Waals surface area contributed by atoms with E-state index < -0.39 is 0 Å². The summed E-state index contributed by atoms with van der Waals surface area (Å²) in [6.45, 7) is 2.81. The average Bonchev–Trinajstić information content (AvgIpc) is 2.26. The molecule has 0 rings (SSSR count). The minimum Gasteiger partial charge on any atom is -0.377 e. The van der Waals surface area contributed by atoms with Crippen molar-refractivity contribution in [3.05, 3.63) is 0 Å². The third-order valence-corrected chi connectivity index (χ3v) is 1.38. The molecular weight excluding hydrogens is 208 g/mol. The van der Waals surface area contributed by atoms with Gasteiger partial charge in [-0.3, -0.25) is 10.5 Å². The first-order valence-corrected chi connectivity index (χ1v) is 4.67. The van der Waals surface area contributed by atoms with Crippen LogP contribution in [0.25, 0.3) is 0 Å². The molecule has 92 valence electrons. The number of rotatable bonds is 12. The Morgan fingerprint density at radius 2 is 0.733 bits per heavy atom. The largest absolute Gasteiger partial charge is 0.377 e. The van der Waals surface area contributed by atoms with Crippen molar-refractivity contribution in [1.29, 1.82) is 0 Å². The first-order valence-electron chi connectivity index (χ1n) is 4.67. The lowest BCUT2D eigenvalue weighted by molar-refractivity contribution is -0.250. The minimum absolute atomic E-state index is 0.157. The molecule has 0 atom stereocenters. The van der Waals surface area contributed by atoms with Crippen molar-refractivity contribution in [2.24, 2.45) is 0 Å². The van der Waals surface area contributed by atoms with Gasteiger partial charge < -0.3 is 14.2 Å². The summed E-state index contributed by atoms with van der Waals surface area (Å²) in [6.07, 6.45) is 0. The van der Waals surface area contributed by atoms with Crippen molar-refractivity contribution < 1.29 is 34.5 Å². The first-order chi connectivity index (χ1) is 7.41. The molecule has 0 heterocycles. The van der Waals surface area contributed by atoms with Crippen LogP contribution in [-0.2, 0) is 24.0 Å². The third-order valence-electron chi connectivity index (χ3n) is 1.38. The van der Waals surface area contributed by atoms with Crippen LogP contribution < -0.4 is 0 Å². The van der Waals surface area contributed by atoms with Gasteiger partial charge in [0, 0.05) is 0 Å². The molecule has 0 radical (unpaired) electrons. The van der Waals surface area contributed by atoms with E-state index in [4.69, 9.17) is 24.7 Å². The van der Waals surface area contributed by atoms with Gasteiger partial charge in [-0.15, -0.1) is 0 Å². The van der Waals surface area contributed by atoms with E-state index in [1.165, 1.54) is 0 Å². The van der Waals surface area contributed by atoms with Crippen molar-refractivity contribution in [1.82, 2.24) is 0 Å². The normalized spacial score (nSPS) is 10.8. The maximum atomic E-state index is 7.95. The Balaban J connectivity index is 2.81. The Kier molecular flexibility index (Phi) is 13.5. The highest BCUT2D eigenvalue weighted by Crippen LogP contribution is 1.81. The Hall–Kier alpha value is -0.280. The van der Waals surface area contributed by atoms with Crippen molar-refractivity contribution in [3.8, 4) is 0 Å². The predicted octanol–water partition coefficient (Wildman–Crippen LogP) is 0.0154. The van der Waals surface area contributed by atoms with Crippen LogP contribution >= 0.6 is 0 Å². The average molecular weight is 226 g/mol. The third kappa shape index (κ3) is 13.7. The van der Waals surface area contributed by atoms with Gasteiger partial charge in [0.2, 0.25) is 0 Å². The number of ether oxygens (including phenoxy) is 3. The summed E-state index contributed by atoms with van der Waals surface area (Å²) in [5.74, 6) is 0. The summed E-state index contributed by atoms with van der Waals surface area (Å²) >= 11 is 0. The van der Waals surface area contributed by atoms with E-state index in [0.29, 0.717) is 39.6 Å². The topological polar surface area (TPSA) is 86.6 Å². The van der Waals surface area contributed by atoms with E-state index in [-0.39, 0.29) is 13.2 Å². The molecule has 0 aliphatic carbocycles. The molecule has 0 aliphatic heterocycles. The second-order valence-corrected chi connectivity index (χ2v) is 2.50. The van der Waals surface area contributed by atoms with Gasteiger partial charge in [-0.2, -0.15) is 0 Å². The molecule has 2 N–H and O–H groups in total. The molecule has 0 aromatic heterocycles. The molecule has 0 aromatic carbocycles. The van der Waals surface area contributed by atoms with Gasteiger partial charge in [0.25, 0.3) is 0 Å². The monoisotopic (exact) mass is 226 g/mol. The summed E-state index contributed by atoms with van der Waals surface area (Å²) < 4.78 is 15.2. The SMILES string of the molecule is OOCCOCCOCCOCCOO. The van der Waals surface area contributed by atoms with E-state index in [9.17, 15) is 0 Å². The van der Waals surface area contributed by atoms with Crippen LogP contribution in [-0.4, -0.2) is 63.4 Å². The van der Waals surface area contributed by atoms with Gasteiger partial charge in [-0.1, -0.05) is 0 Å². The second-order valence-electron chi connectivity index (χ2n) is 2.50. The highest BCUT2D eigenvalue weighted by molar-refractivity contribution is 4.33. The molecule has 0 amide bonds. The van der Waals surface area contributed by atoms with Gasteiger partial charge >= 0.3 is 0 Å². The van der Waals surface area contributed by atoms with Crippen LogP contribution in [0.3, 0.4) is 0 Å². The standard InChI is InChI=1S/C8H18O7/c9-14-7-5-12-3-1-11-2-4-13-6-8-15-10/h9-10H,1-8H2. The van der Waals surface area contributed by atoms with E-state index in [1.54, 1.807) is 0 Å². The highest BCUT2D eigenvalue weighted by atomic mass is 17.1. The number of hydrogen-bond acceptors (Lipinski definition) is 7. The second kappa shape index (κ2) is 13.7. The Morgan fingerprint density at radius 1 is 0.467 bits per heavy atom. The number of hydrogen-bond donors (Lipinski definition) is 2. The van der Waals surface area contributed by atoms with Gasteiger partial charge in [0.15, 0.2) is 0 Å². The van der Waals surface area contributed by atoms with Crippen LogP contribution in [0.5, 0.6) is 0 Å². The maximum absolute atomic E-state index is 7.95. The lowest BCUT2D eigenvalue weighted by atomic mass is 10.7. The molecule has 7 heteroatoms. The molecular formula is C8H18O7. The zero-order valence-electron chi connectivity index (χ0n) is 8.59. The molecule has 0 saturated heterocycles. The van der Waals surface area contributed by atoms with Gasteiger partial charge in [0.05, 0.1) is 39.6 Å². The molecule has 0 aromatic rings. The Bertz CT molecular complexity index is 99.2. The van der Waals surface area contributed by atoms with Crippen molar-refractivity contribution in [3.63, 3.8) is 0 Å². The van der Waals surface area contributed by atoms with E-state index in [0.717, 1.165) is 0 Å². The molecule has 0 spiro atoms. The maximum Gasteiger partial charge on any atom is 0.105 e.